The fourth-order valence-electron chi connectivity index (χ4n) is 2.81. The molecule has 1 N–H and O–H groups in total. The molecule has 22 heavy (non-hydrogen) atoms. The van der Waals surface area contributed by atoms with Gasteiger partial charge in [0.1, 0.15) is 0 Å². The number of carbonyl (C=O) groups excluding carboxylic acids is 1. The lowest BCUT2D eigenvalue weighted by Crippen LogP contribution is -2.40. The van der Waals surface area contributed by atoms with Gasteiger partial charge in [0.25, 0.3) is 0 Å². The van der Waals surface area contributed by atoms with Gasteiger partial charge >= 0.3 is 0 Å². The average Bonchev–Trinajstić information content (AvgIpc) is 2.99. The first-order valence-corrected chi connectivity index (χ1v) is 9.44. The van der Waals surface area contributed by atoms with Crippen molar-refractivity contribution < 1.29 is 13.2 Å². The molecule has 7 heteroatoms. The summed E-state index contributed by atoms with van der Waals surface area (Å²) >= 11 is 0. The van der Waals surface area contributed by atoms with Crippen molar-refractivity contribution in [1.29, 1.82) is 0 Å². The van der Waals surface area contributed by atoms with Gasteiger partial charge in [0.15, 0.2) is 0 Å². The second-order valence-electron chi connectivity index (χ2n) is 5.70. The quantitative estimate of drug-likeness (QED) is 0.819. The predicted octanol–water partition coefficient (Wildman–Crippen LogP) is 1.29. The van der Waals surface area contributed by atoms with Crippen LogP contribution in [0.5, 0.6) is 0 Å². The molecule has 0 saturated heterocycles. The number of nitrogens with one attached hydrogen (secondary N) is 1. The van der Waals surface area contributed by atoms with Gasteiger partial charge in [-0.1, -0.05) is 18.9 Å². The monoisotopic (exact) mass is 325 g/mol. The molecule has 0 spiro atoms. The normalized spacial score (nSPS) is 16.1. The summed E-state index contributed by atoms with van der Waals surface area (Å²) in [5.74, 6) is -0.143. The van der Waals surface area contributed by atoms with Gasteiger partial charge in [-0.05, 0) is 24.5 Å². The van der Waals surface area contributed by atoms with Crippen molar-refractivity contribution in [3.63, 3.8) is 0 Å². The number of aromatic nitrogens is 1. The van der Waals surface area contributed by atoms with Crippen LogP contribution in [-0.4, -0.2) is 42.5 Å². The van der Waals surface area contributed by atoms with E-state index in [1.54, 1.807) is 12.4 Å². The zero-order chi connectivity index (χ0) is 16.0. The molecule has 0 unspecified atom stereocenters. The first kappa shape index (κ1) is 16.9. The Morgan fingerprint density at radius 2 is 2.14 bits per heavy atom. The van der Waals surface area contributed by atoms with Crippen LogP contribution in [0.3, 0.4) is 0 Å². The minimum Gasteiger partial charge on any atom is -0.352 e. The van der Waals surface area contributed by atoms with E-state index in [0.29, 0.717) is 6.54 Å². The van der Waals surface area contributed by atoms with Crippen LogP contribution in [0.4, 0.5) is 0 Å². The summed E-state index contributed by atoms with van der Waals surface area (Å²) < 4.78 is 25.3. The number of amides is 1. The number of carbonyl (C=O) groups is 1. The third-order valence-corrected chi connectivity index (χ3v) is 5.26. The molecule has 0 aromatic carbocycles. The fraction of sp³-hybridized carbons (Fsp3) is 0.600. The summed E-state index contributed by atoms with van der Waals surface area (Å²) in [5, 5.41) is 2.80. The molecular formula is C15H23N3O3S. The van der Waals surface area contributed by atoms with Crippen LogP contribution in [0.2, 0.25) is 0 Å². The largest absolute Gasteiger partial charge is 0.352 e. The molecule has 1 aromatic heterocycles. The van der Waals surface area contributed by atoms with Crippen molar-refractivity contribution in [1.82, 2.24) is 14.6 Å². The van der Waals surface area contributed by atoms with Gasteiger partial charge in [-0.15, -0.1) is 0 Å². The highest BCUT2D eigenvalue weighted by Crippen LogP contribution is 2.25. The smallest absolute Gasteiger partial charge is 0.221 e. The van der Waals surface area contributed by atoms with Crippen molar-refractivity contribution in [3.8, 4) is 0 Å². The van der Waals surface area contributed by atoms with E-state index in [1.165, 1.54) is 10.6 Å². The van der Waals surface area contributed by atoms with Gasteiger partial charge in [-0.25, -0.2) is 8.42 Å². The first-order valence-electron chi connectivity index (χ1n) is 7.59. The Kier molecular flexibility index (Phi) is 5.90. The fourth-order valence-corrected chi connectivity index (χ4v) is 3.99. The Hall–Kier alpha value is -1.47. The van der Waals surface area contributed by atoms with E-state index in [9.17, 15) is 13.2 Å². The highest BCUT2D eigenvalue weighted by Gasteiger charge is 2.29. The van der Waals surface area contributed by atoms with Crippen LogP contribution >= 0.6 is 0 Å². The van der Waals surface area contributed by atoms with Crippen molar-refractivity contribution in [2.45, 2.75) is 44.7 Å². The molecule has 1 saturated carbocycles. The van der Waals surface area contributed by atoms with Crippen LogP contribution in [0.15, 0.2) is 24.5 Å². The number of sulfonamides is 1. The number of hydrogen-bond donors (Lipinski definition) is 1. The van der Waals surface area contributed by atoms with Gasteiger partial charge in [-0.2, -0.15) is 4.31 Å². The standard InChI is InChI=1S/C15H23N3O3S/c1-22(20,21)18(14-6-2-3-7-14)10-8-15(19)17-12-13-5-4-9-16-11-13/h4-5,9,11,14H,2-3,6-8,10,12H2,1H3,(H,17,19). The molecule has 1 aromatic rings. The van der Waals surface area contributed by atoms with Gasteiger partial charge in [0.05, 0.1) is 6.26 Å². The lowest BCUT2D eigenvalue weighted by Gasteiger charge is -2.26. The third kappa shape index (κ3) is 5.06. The molecule has 1 aliphatic carbocycles. The van der Waals surface area contributed by atoms with E-state index in [-0.39, 0.29) is 24.9 Å². The topological polar surface area (TPSA) is 79.4 Å². The lowest BCUT2D eigenvalue weighted by atomic mass is 10.2. The zero-order valence-corrected chi connectivity index (χ0v) is 13.7. The summed E-state index contributed by atoms with van der Waals surface area (Å²) in [6, 6.07) is 3.75. The van der Waals surface area contributed by atoms with E-state index < -0.39 is 10.0 Å². The van der Waals surface area contributed by atoms with Gasteiger partial charge in [-0.3, -0.25) is 9.78 Å². The molecule has 0 bridgehead atoms. The first-order chi connectivity index (χ1) is 10.5. The van der Waals surface area contributed by atoms with E-state index in [4.69, 9.17) is 0 Å². The summed E-state index contributed by atoms with van der Waals surface area (Å²) in [6.45, 7) is 0.664. The Balaban J connectivity index is 1.82. The lowest BCUT2D eigenvalue weighted by molar-refractivity contribution is -0.121. The predicted molar refractivity (Wildman–Crippen MR) is 84.5 cm³/mol. The molecule has 0 radical (unpaired) electrons. The SMILES string of the molecule is CS(=O)(=O)N(CCC(=O)NCc1cccnc1)C1CCCC1. The Bertz CT molecular complexity index is 583. The molecule has 122 valence electrons. The van der Waals surface area contributed by atoms with Crippen molar-refractivity contribution in [3.05, 3.63) is 30.1 Å². The number of nitrogens with zero attached hydrogens (tertiary/aromatic N) is 2. The van der Waals surface area contributed by atoms with Gasteiger partial charge < -0.3 is 5.32 Å². The van der Waals surface area contributed by atoms with Crippen LogP contribution < -0.4 is 5.32 Å². The Morgan fingerprint density at radius 3 is 2.73 bits per heavy atom. The molecule has 0 atom stereocenters. The maximum atomic E-state index is 11.9. The minimum absolute atomic E-state index is 0.0566. The highest BCUT2D eigenvalue weighted by molar-refractivity contribution is 7.88. The van der Waals surface area contributed by atoms with Crippen molar-refractivity contribution in [2.24, 2.45) is 0 Å². The van der Waals surface area contributed by atoms with Crippen LogP contribution in [0, 0.1) is 0 Å². The van der Waals surface area contributed by atoms with Crippen molar-refractivity contribution in [2.75, 3.05) is 12.8 Å². The van der Waals surface area contributed by atoms with Gasteiger partial charge in [0.2, 0.25) is 15.9 Å². The molecular weight excluding hydrogens is 302 g/mol. The van der Waals surface area contributed by atoms with Gasteiger partial charge in [0, 0.05) is 37.9 Å². The minimum atomic E-state index is -3.27. The number of pyridine rings is 1. The molecule has 6 nitrogen and oxygen atoms in total. The summed E-state index contributed by atoms with van der Waals surface area (Å²) in [6.07, 6.45) is 8.68. The third-order valence-electron chi connectivity index (χ3n) is 3.93. The molecule has 1 fully saturated rings. The molecule has 1 amide bonds. The summed E-state index contributed by atoms with van der Waals surface area (Å²) in [5.41, 5.74) is 0.923. The van der Waals surface area contributed by atoms with E-state index in [0.717, 1.165) is 31.2 Å². The average molecular weight is 325 g/mol. The van der Waals surface area contributed by atoms with Crippen molar-refractivity contribution >= 4 is 15.9 Å². The second-order valence-corrected chi connectivity index (χ2v) is 7.64. The molecule has 2 rings (SSSR count). The van der Waals surface area contributed by atoms with E-state index in [1.807, 2.05) is 12.1 Å². The summed E-state index contributed by atoms with van der Waals surface area (Å²) in [4.78, 5) is 15.9. The molecule has 1 heterocycles. The van der Waals surface area contributed by atoms with Crippen LogP contribution in [-0.2, 0) is 21.4 Å². The molecule has 0 aliphatic heterocycles. The highest BCUT2D eigenvalue weighted by atomic mass is 32.2. The van der Waals surface area contributed by atoms with E-state index in [2.05, 4.69) is 10.3 Å². The zero-order valence-electron chi connectivity index (χ0n) is 12.9. The Labute approximate surface area is 132 Å². The second kappa shape index (κ2) is 7.69. The molecule has 1 aliphatic rings. The number of rotatable bonds is 7. The maximum absolute atomic E-state index is 11.9. The maximum Gasteiger partial charge on any atom is 0.221 e. The summed E-state index contributed by atoms with van der Waals surface area (Å²) in [7, 11) is -3.27. The van der Waals surface area contributed by atoms with Crippen LogP contribution in [0.1, 0.15) is 37.7 Å². The Morgan fingerprint density at radius 1 is 1.41 bits per heavy atom. The van der Waals surface area contributed by atoms with Crippen LogP contribution in [0.25, 0.3) is 0 Å². The van der Waals surface area contributed by atoms with E-state index >= 15 is 0 Å². The number of hydrogen-bond acceptors (Lipinski definition) is 4.